The summed E-state index contributed by atoms with van der Waals surface area (Å²) in [6.45, 7) is 5.99. The Morgan fingerprint density at radius 2 is 1.93 bits per heavy atom. The van der Waals surface area contributed by atoms with Crippen molar-refractivity contribution in [2.45, 2.75) is 31.6 Å². The number of carbonyl (C=O) groups is 2. The lowest BCUT2D eigenvalue weighted by atomic mass is 9.97. The maximum absolute atomic E-state index is 13.1. The van der Waals surface area contributed by atoms with Gasteiger partial charge in [0.2, 0.25) is 10.0 Å². The number of carbonyl (C=O) groups excluding carboxylic acids is 2. The summed E-state index contributed by atoms with van der Waals surface area (Å²) in [6.07, 6.45) is 1.40. The van der Waals surface area contributed by atoms with E-state index in [9.17, 15) is 18.0 Å². The summed E-state index contributed by atoms with van der Waals surface area (Å²) < 4.78 is 37.6. The quantitative estimate of drug-likeness (QED) is 0.664. The molecule has 0 saturated carbocycles. The van der Waals surface area contributed by atoms with Crippen LogP contribution >= 0.6 is 0 Å². The molecule has 1 aromatic rings. The second-order valence-corrected chi connectivity index (χ2v) is 9.27. The van der Waals surface area contributed by atoms with Crippen LogP contribution in [0, 0.1) is 12.8 Å². The number of rotatable bonds is 5. The number of likely N-dealkylation sites (tertiary alicyclic amines) is 1. The van der Waals surface area contributed by atoms with Crippen molar-refractivity contribution in [3.63, 3.8) is 0 Å². The van der Waals surface area contributed by atoms with Gasteiger partial charge in [0.25, 0.3) is 5.91 Å². The molecule has 1 amide bonds. The van der Waals surface area contributed by atoms with Crippen molar-refractivity contribution in [1.82, 2.24) is 9.21 Å². The van der Waals surface area contributed by atoms with Crippen molar-refractivity contribution < 1.29 is 27.5 Å². The number of esters is 1. The van der Waals surface area contributed by atoms with E-state index >= 15 is 0 Å². The predicted molar refractivity (Wildman–Crippen MR) is 106 cm³/mol. The minimum Gasteiger partial charge on any atom is -0.466 e. The van der Waals surface area contributed by atoms with Gasteiger partial charge in [-0.1, -0.05) is 6.07 Å². The molecule has 0 aromatic heterocycles. The SMILES string of the molecule is CCOC(=O)[C@H]1CCCN(C(=O)c2cc(S(=O)(=O)N3CCOCC3)ccc2C)C1. The van der Waals surface area contributed by atoms with Gasteiger partial charge in [-0.2, -0.15) is 4.31 Å². The van der Waals surface area contributed by atoms with Crippen molar-refractivity contribution in [2.24, 2.45) is 5.92 Å². The first-order valence-corrected chi connectivity index (χ1v) is 11.4. The summed E-state index contributed by atoms with van der Waals surface area (Å²) >= 11 is 0. The van der Waals surface area contributed by atoms with Gasteiger partial charge in [-0.25, -0.2) is 8.42 Å². The largest absolute Gasteiger partial charge is 0.466 e. The van der Waals surface area contributed by atoms with Crippen molar-refractivity contribution in [1.29, 1.82) is 0 Å². The zero-order valence-electron chi connectivity index (χ0n) is 16.9. The third kappa shape index (κ3) is 4.79. The van der Waals surface area contributed by atoms with E-state index in [-0.39, 0.29) is 29.2 Å². The fraction of sp³-hybridized carbons (Fsp3) is 0.600. The molecule has 29 heavy (non-hydrogen) atoms. The van der Waals surface area contributed by atoms with Crippen molar-refractivity contribution in [2.75, 3.05) is 46.0 Å². The molecule has 0 bridgehead atoms. The van der Waals surface area contributed by atoms with Crippen LogP contribution in [0.1, 0.15) is 35.7 Å². The minimum absolute atomic E-state index is 0.104. The second-order valence-electron chi connectivity index (χ2n) is 7.34. The first kappa shape index (κ1) is 21.7. The number of amides is 1. The summed E-state index contributed by atoms with van der Waals surface area (Å²) in [5.74, 6) is -0.880. The number of ether oxygens (including phenoxy) is 2. The number of benzene rings is 1. The van der Waals surface area contributed by atoms with E-state index in [0.29, 0.717) is 63.4 Å². The molecular weight excluding hydrogens is 396 g/mol. The van der Waals surface area contributed by atoms with Gasteiger partial charge >= 0.3 is 5.97 Å². The molecular formula is C20H28N2O6S. The Balaban J connectivity index is 1.82. The van der Waals surface area contributed by atoms with E-state index < -0.39 is 10.0 Å². The van der Waals surface area contributed by atoms with Crippen molar-refractivity contribution in [3.05, 3.63) is 29.3 Å². The van der Waals surface area contributed by atoms with Crippen LogP contribution in [0.4, 0.5) is 0 Å². The van der Waals surface area contributed by atoms with Crippen LogP contribution in [0.2, 0.25) is 0 Å². The molecule has 2 fully saturated rings. The Morgan fingerprint density at radius 3 is 2.62 bits per heavy atom. The summed E-state index contributed by atoms with van der Waals surface area (Å²) in [6, 6.07) is 4.65. The highest BCUT2D eigenvalue weighted by atomic mass is 32.2. The third-order valence-electron chi connectivity index (χ3n) is 5.38. The molecule has 0 N–H and O–H groups in total. The summed E-state index contributed by atoms with van der Waals surface area (Å²) in [4.78, 5) is 27.0. The van der Waals surface area contributed by atoms with Gasteiger partial charge in [0.1, 0.15) is 0 Å². The zero-order valence-corrected chi connectivity index (χ0v) is 17.7. The summed E-state index contributed by atoms with van der Waals surface area (Å²) in [5, 5.41) is 0. The highest BCUT2D eigenvalue weighted by Crippen LogP contribution is 2.24. The van der Waals surface area contributed by atoms with Gasteiger partial charge < -0.3 is 14.4 Å². The molecule has 8 nitrogen and oxygen atoms in total. The normalized spacial score (nSPS) is 21.0. The van der Waals surface area contributed by atoms with Gasteiger partial charge in [-0.3, -0.25) is 9.59 Å². The fourth-order valence-corrected chi connectivity index (χ4v) is 5.15. The van der Waals surface area contributed by atoms with Crippen LogP contribution in [0.3, 0.4) is 0 Å². The van der Waals surface area contributed by atoms with Gasteiger partial charge in [-0.05, 0) is 44.4 Å². The van der Waals surface area contributed by atoms with Crippen LogP contribution in [-0.4, -0.2) is 75.5 Å². The van der Waals surface area contributed by atoms with Crippen LogP contribution in [0.5, 0.6) is 0 Å². The highest BCUT2D eigenvalue weighted by molar-refractivity contribution is 7.89. The van der Waals surface area contributed by atoms with Crippen LogP contribution in [0.15, 0.2) is 23.1 Å². The summed E-state index contributed by atoms with van der Waals surface area (Å²) in [5.41, 5.74) is 1.05. The lowest BCUT2D eigenvalue weighted by Crippen LogP contribution is -2.43. The van der Waals surface area contributed by atoms with E-state index in [1.165, 1.54) is 16.4 Å². The third-order valence-corrected chi connectivity index (χ3v) is 7.27. The zero-order chi connectivity index (χ0) is 21.0. The average molecular weight is 425 g/mol. The molecule has 0 spiro atoms. The molecule has 2 aliphatic heterocycles. The smallest absolute Gasteiger partial charge is 0.310 e. The van der Waals surface area contributed by atoms with Crippen molar-refractivity contribution in [3.8, 4) is 0 Å². The van der Waals surface area contributed by atoms with E-state index in [4.69, 9.17) is 9.47 Å². The predicted octanol–water partition coefficient (Wildman–Crippen LogP) is 1.43. The van der Waals surface area contributed by atoms with Crippen molar-refractivity contribution >= 4 is 21.9 Å². The average Bonchev–Trinajstić information content (AvgIpc) is 2.74. The molecule has 3 rings (SSSR count). The molecule has 1 atom stereocenters. The number of piperidine rings is 1. The molecule has 0 aliphatic carbocycles. The Bertz CT molecular complexity index is 864. The second kappa shape index (κ2) is 9.23. The number of hydrogen-bond donors (Lipinski definition) is 0. The van der Waals surface area contributed by atoms with Crippen LogP contribution < -0.4 is 0 Å². The Kier molecular flexibility index (Phi) is 6.92. The summed E-state index contributed by atoms with van der Waals surface area (Å²) in [7, 11) is -3.69. The van der Waals surface area contributed by atoms with Gasteiger partial charge in [0, 0.05) is 31.7 Å². The number of aryl methyl sites for hydroxylation is 1. The number of sulfonamides is 1. The molecule has 2 saturated heterocycles. The van der Waals surface area contributed by atoms with E-state index in [2.05, 4.69) is 0 Å². The first-order valence-electron chi connectivity index (χ1n) is 9.99. The molecule has 2 aliphatic rings. The number of hydrogen-bond acceptors (Lipinski definition) is 6. The van der Waals surface area contributed by atoms with E-state index in [1.807, 2.05) is 0 Å². The Labute approximate surface area is 171 Å². The van der Waals surface area contributed by atoms with E-state index in [0.717, 1.165) is 0 Å². The lowest BCUT2D eigenvalue weighted by molar-refractivity contribution is -0.149. The Morgan fingerprint density at radius 1 is 1.21 bits per heavy atom. The van der Waals surface area contributed by atoms with E-state index in [1.54, 1.807) is 24.8 Å². The number of nitrogens with zero attached hydrogens (tertiary/aromatic N) is 2. The maximum Gasteiger partial charge on any atom is 0.310 e. The molecule has 1 aromatic carbocycles. The fourth-order valence-electron chi connectivity index (χ4n) is 3.71. The monoisotopic (exact) mass is 424 g/mol. The molecule has 160 valence electrons. The minimum atomic E-state index is -3.69. The molecule has 2 heterocycles. The van der Waals surface area contributed by atoms with Gasteiger partial charge in [-0.15, -0.1) is 0 Å². The van der Waals surface area contributed by atoms with Crippen LogP contribution in [0.25, 0.3) is 0 Å². The maximum atomic E-state index is 13.1. The lowest BCUT2D eigenvalue weighted by Gasteiger charge is -2.32. The molecule has 9 heteroatoms. The van der Waals surface area contributed by atoms with Gasteiger partial charge in [0.15, 0.2) is 0 Å². The number of morpholine rings is 1. The standard InChI is InChI=1S/C20H28N2O6S/c1-3-28-20(24)16-5-4-8-21(14-16)19(23)18-13-17(7-6-15(18)2)29(25,26)22-9-11-27-12-10-22/h6-7,13,16H,3-5,8-12,14H2,1-2H3/t16-/m0/s1. The molecule has 0 radical (unpaired) electrons. The topological polar surface area (TPSA) is 93.2 Å². The first-order chi connectivity index (χ1) is 13.8. The Hall–Kier alpha value is -1.97. The molecule has 0 unspecified atom stereocenters. The highest BCUT2D eigenvalue weighted by Gasteiger charge is 2.32. The van der Waals surface area contributed by atoms with Crippen LogP contribution in [-0.2, 0) is 24.3 Å². The van der Waals surface area contributed by atoms with Gasteiger partial charge in [0.05, 0.1) is 30.6 Å².